The van der Waals surface area contributed by atoms with Crippen LogP contribution in [-0.2, 0) is 6.42 Å². The van der Waals surface area contributed by atoms with Crippen LogP contribution in [0.25, 0.3) is 0 Å². The van der Waals surface area contributed by atoms with E-state index in [1.807, 2.05) is 13.8 Å². The summed E-state index contributed by atoms with van der Waals surface area (Å²) in [4.78, 5) is 1.24. The molecule has 1 nitrogen and oxygen atoms in total. The van der Waals surface area contributed by atoms with Crippen LogP contribution in [-0.4, -0.2) is 0 Å². The molecule has 19 heavy (non-hydrogen) atoms. The Morgan fingerprint density at radius 3 is 2.26 bits per heavy atom. The van der Waals surface area contributed by atoms with E-state index in [0.717, 1.165) is 18.5 Å². The number of allylic oxidation sites excluding steroid dienone is 3. The zero-order valence-corrected chi connectivity index (χ0v) is 13.7. The molecular weight excluding hydrogens is 250 g/mol. The summed E-state index contributed by atoms with van der Waals surface area (Å²) < 4.78 is 3.35. The van der Waals surface area contributed by atoms with Crippen molar-refractivity contribution in [1.82, 2.24) is 0 Å². The van der Waals surface area contributed by atoms with Gasteiger partial charge in [0.2, 0.25) is 0 Å². The number of benzene rings is 1. The minimum Gasteiger partial charge on any atom is -0.326 e. The van der Waals surface area contributed by atoms with Crippen LogP contribution in [0.15, 0.2) is 47.4 Å². The summed E-state index contributed by atoms with van der Waals surface area (Å²) in [5.74, 6) is 0. The molecule has 0 atom stereocenters. The van der Waals surface area contributed by atoms with E-state index in [9.17, 15) is 0 Å². The number of hydrogen-bond acceptors (Lipinski definition) is 2. The monoisotopic (exact) mass is 277 g/mol. The third-order valence-electron chi connectivity index (χ3n) is 2.45. The second-order valence-corrected chi connectivity index (χ2v) is 4.64. The molecule has 0 spiro atoms. The lowest BCUT2D eigenvalue weighted by molar-refractivity contribution is 1.14. The van der Waals surface area contributed by atoms with Gasteiger partial charge in [-0.05, 0) is 49.4 Å². The highest BCUT2D eigenvalue weighted by molar-refractivity contribution is 8.04. The highest BCUT2D eigenvalue weighted by atomic mass is 32.2. The van der Waals surface area contributed by atoms with E-state index in [4.69, 9.17) is 0 Å². The Morgan fingerprint density at radius 1 is 1.16 bits per heavy atom. The smallest absolute Gasteiger partial charge is 0.0443 e. The summed E-state index contributed by atoms with van der Waals surface area (Å²) in [5.41, 5.74) is 2.52. The van der Waals surface area contributed by atoms with E-state index < -0.39 is 0 Å². The van der Waals surface area contributed by atoms with Gasteiger partial charge in [-0.2, -0.15) is 0 Å². The average Bonchev–Trinajstić information content (AvgIpc) is 2.50. The van der Waals surface area contributed by atoms with E-state index in [-0.39, 0.29) is 0 Å². The van der Waals surface area contributed by atoms with Crippen molar-refractivity contribution in [3.05, 3.63) is 53.0 Å². The molecule has 0 aliphatic rings. The zero-order valence-electron chi connectivity index (χ0n) is 12.9. The van der Waals surface area contributed by atoms with Gasteiger partial charge in [0.25, 0.3) is 0 Å². The maximum absolute atomic E-state index is 3.35. The molecule has 0 aliphatic heterocycles. The highest BCUT2D eigenvalue weighted by Crippen LogP contribution is 2.21. The topological polar surface area (TPSA) is 12.0 Å². The summed E-state index contributed by atoms with van der Waals surface area (Å²) in [6, 6.07) is 8.59. The van der Waals surface area contributed by atoms with Gasteiger partial charge in [-0.15, -0.1) is 0 Å². The molecule has 0 aliphatic carbocycles. The average molecular weight is 277 g/mol. The Bertz CT molecular complexity index is 377. The lowest BCUT2D eigenvalue weighted by Gasteiger charge is -2.06. The van der Waals surface area contributed by atoms with Crippen molar-refractivity contribution >= 4 is 17.6 Å². The predicted octanol–water partition coefficient (Wildman–Crippen LogP) is 6.21. The van der Waals surface area contributed by atoms with E-state index in [1.165, 1.54) is 10.5 Å². The summed E-state index contributed by atoms with van der Waals surface area (Å²) in [7, 11) is 0. The van der Waals surface area contributed by atoms with Crippen molar-refractivity contribution in [3.8, 4) is 0 Å². The first-order valence-electron chi connectivity index (χ1n) is 7.14. The van der Waals surface area contributed by atoms with Crippen molar-refractivity contribution in [2.24, 2.45) is 0 Å². The Morgan fingerprint density at radius 2 is 1.79 bits per heavy atom. The molecule has 106 valence electrons. The number of nitrogens with one attached hydrogen (secondary N) is 1. The number of hydrogen-bond donors (Lipinski definition) is 1. The number of aryl methyl sites for hydroxylation is 1. The van der Waals surface area contributed by atoms with Crippen molar-refractivity contribution in [2.45, 2.75) is 47.5 Å². The van der Waals surface area contributed by atoms with Gasteiger partial charge in [-0.25, -0.2) is 0 Å². The van der Waals surface area contributed by atoms with Crippen molar-refractivity contribution in [3.63, 3.8) is 0 Å². The number of rotatable bonds is 6. The van der Waals surface area contributed by atoms with Crippen LogP contribution < -0.4 is 4.72 Å². The van der Waals surface area contributed by atoms with Gasteiger partial charge in [0.1, 0.15) is 0 Å². The lowest BCUT2D eigenvalue weighted by Crippen LogP contribution is -1.87. The van der Waals surface area contributed by atoms with Crippen LogP contribution in [0.1, 0.15) is 46.6 Å². The summed E-state index contributed by atoms with van der Waals surface area (Å²) in [5, 5.41) is 0. The fraction of sp³-hybridized carbons (Fsp3) is 0.412. The molecule has 0 heterocycles. The number of anilines is 1. The largest absolute Gasteiger partial charge is 0.326 e. The molecule has 0 amide bonds. The molecule has 2 heteroatoms. The van der Waals surface area contributed by atoms with Crippen LogP contribution in [0, 0.1) is 0 Å². The first-order valence-corrected chi connectivity index (χ1v) is 7.96. The standard InChI is InChI=1S/C15H21NS.C2H6/c1-4-7-8-15(6-3)17-16-14-11-9-13(5-2)10-12-14;1-2/h6-12,16H,4-5H2,1-3H3;1-2H3/b8-7-,15-6+;. The maximum atomic E-state index is 3.35. The van der Waals surface area contributed by atoms with Crippen molar-refractivity contribution in [2.75, 3.05) is 4.72 Å². The third kappa shape index (κ3) is 7.78. The van der Waals surface area contributed by atoms with Gasteiger partial charge >= 0.3 is 0 Å². The SMILES string of the molecule is C/C=C(\C=C/CC)SNc1ccc(CC)cc1.CC. The minimum absolute atomic E-state index is 1.07. The molecule has 0 aromatic heterocycles. The van der Waals surface area contributed by atoms with Gasteiger partial charge in [0.15, 0.2) is 0 Å². The van der Waals surface area contributed by atoms with Gasteiger partial charge in [-0.3, -0.25) is 0 Å². The second kappa shape index (κ2) is 11.9. The van der Waals surface area contributed by atoms with Crippen LogP contribution in [0.4, 0.5) is 5.69 Å². The molecule has 0 saturated carbocycles. The molecule has 0 unspecified atom stereocenters. The zero-order chi connectivity index (χ0) is 14.5. The van der Waals surface area contributed by atoms with Crippen molar-refractivity contribution in [1.29, 1.82) is 0 Å². The molecule has 1 aromatic rings. The minimum atomic E-state index is 1.07. The van der Waals surface area contributed by atoms with Crippen LogP contribution >= 0.6 is 11.9 Å². The first kappa shape index (κ1) is 17.8. The maximum Gasteiger partial charge on any atom is 0.0443 e. The fourth-order valence-electron chi connectivity index (χ4n) is 1.35. The van der Waals surface area contributed by atoms with E-state index in [1.54, 1.807) is 11.9 Å². The Hall–Kier alpha value is -1.15. The van der Waals surface area contributed by atoms with Gasteiger partial charge < -0.3 is 4.72 Å². The molecule has 1 aromatic carbocycles. The molecule has 0 saturated heterocycles. The second-order valence-electron chi connectivity index (χ2n) is 3.76. The van der Waals surface area contributed by atoms with Crippen molar-refractivity contribution < 1.29 is 0 Å². The van der Waals surface area contributed by atoms with E-state index in [2.05, 4.69) is 68.0 Å². The van der Waals surface area contributed by atoms with E-state index >= 15 is 0 Å². The predicted molar refractivity (Wildman–Crippen MR) is 91.6 cm³/mol. The molecule has 0 radical (unpaired) electrons. The van der Waals surface area contributed by atoms with Crippen LogP contribution in [0.2, 0.25) is 0 Å². The van der Waals surface area contributed by atoms with Gasteiger partial charge in [-0.1, -0.05) is 58.1 Å². The summed E-state index contributed by atoms with van der Waals surface area (Å²) >= 11 is 1.65. The molecule has 0 fully saturated rings. The van der Waals surface area contributed by atoms with Crippen LogP contribution in [0.3, 0.4) is 0 Å². The summed E-state index contributed by atoms with van der Waals surface area (Å²) in [6.45, 7) is 10.4. The lowest BCUT2D eigenvalue weighted by atomic mass is 10.2. The quantitative estimate of drug-likeness (QED) is 0.490. The Kier molecular flexibility index (Phi) is 11.2. The summed E-state index contributed by atoms with van der Waals surface area (Å²) in [6.07, 6.45) is 8.60. The van der Waals surface area contributed by atoms with E-state index in [0.29, 0.717) is 0 Å². The molecular formula is C17H27NS. The van der Waals surface area contributed by atoms with Gasteiger partial charge in [0.05, 0.1) is 0 Å². The van der Waals surface area contributed by atoms with Crippen LogP contribution in [0.5, 0.6) is 0 Å². The third-order valence-corrected chi connectivity index (χ3v) is 3.40. The van der Waals surface area contributed by atoms with Gasteiger partial charge in [0, 0.05) is 10.6 Å². The molecule has 0 bridgehead atoms. The highest BCUT2D eigenvalue weighted by Gasteiger charge is 1.95. The fourth-order valence-corrected chi connectivity index (χ4v) is 2.00. The Labute approximate surface area is 123 Å². The normalized spacial score (nSPS) is 11.1. The Balaban J connectivity index is 0.00000154. The molecule has 1 N–H and O–H groups in total. The molecule has 1 rings (SSSR count). The first-order chi connectivity index (χ1) is 9.30.